The van der Waals surface area contributed by atoms with E-state index in [1.807, 2.05) is 43.3 Å². The van der Waals surface area contributed by atoms with Crippen LogP contribution in [0.4, 0.5) is 0 Å². The molecule has 1 fully saturated rings. The lowest BCUT2D eigenvalue weighted by atomic mass is 10.1. The third kappa shape index (κ3) is 3.38. The summed E-state index contributed by atoms with van der Waals surface area (Å²) < 4.78 is 32.8. The average Bonchev–Trinajstić information content (AvgIpc) is 3.06. The predicted molar refractivity (Wildman–Crippen MR) is 99.2 cm³/mol. The highest BCUT2D eigenvalue weighted by molar-refractivity contribution is 7.89. The lowest BCUT2D eigenvalue weighted by Gasteiger charge is -2.33. The third-order valence-corrected chi connectivity index (χ3v) is 6.64. The van der Waals surface area contributed by atoms with Crippen LogP contribution < -0.4 is 0 Å². The van der Waals surface area contributed by atoms with Gasteiger partial charge in [-0.25, -0.2) is 8.42 Å². The van der Waals surface area contributed by atoms with E-state index in [0.29, 0.717) is 37.6 Å². The summed E-state index contributed by atoms with van der Waals surface area (Å²) in [7, 11) is -3.47. The second-order valence-electron chi connectivity index (χ2n) is 6.62. The van der Waals surface area contributed by atoms with Crippen molar-refractivity contribution in [3.63, 3.8) is 0 Å². The van der Waals surface area contributed by atoms with E-state index in [1.165, 1.54) is 0 Å². The Morgan fingerprint density at radius 3 is 2.42 bits per heavy atom. The lowest BCUT2D eigenvalue weighted by Crippen LogP contribution is -2.48. The molecule has 3 aromatic rings. The van der Waals surface area contributed by atoms with Gasteiger partial charge in [0.05, 0.1) is 17.1 Å². The number of rotatable bonds is 4. The molecule has 0 bridgehead atoms. The second-order valence-corrected chi connectivity index (χ2v) is 8.56. The monoisotopic (exact) mass is 371 g/mol. The standard InChI is InChI=1S/C19H21N3O3S/c1-15-12-18(25-20-15)14-21-8-10-22(11-9-21)26(23,24)19-7-6-16-4-2-3-5-17(16)13-19/h2-7,12-13H,8-11,14H2,1H3. The van der Waals surface area contributed by atoms with Crippen LogP contribution in [0.1, 0.15) is 11.5 Å². The zero-order valence-corrected chi connectivity index (χ0v) is 15.4. The number of benzene rings is 2. The van der Waals surface area contributed by atoms with Crippen LogP contribution in [0, 0.1) is 6.92 Å². The van der Waals surface area contributed by atoms with Gasteiger partial charge in [0, 0.05) is 32.2 Å². The maximum atomic E-state index is 13.0. The molecule has 2 aromatic carbocycles. The van der Waals surface area contributed by atoms with Crippen LogP contribution in [0.5, 0.6) is 0 Å². The number of hydrogen-bond acceptors (Lipinski definition) is 5. The molecule has 0 saturated carbocycles. The SMILES string of the molecule is Cc1cc(CN2CCN(S(=O)(=O)c3ccc4ccccc4c3)CC2)on1. The van der Waals surface area contributed by atoms with Crippen LogP contribution in [0.2, 0.25) is 0 Å². The van der Waals surface area contributed by atoms with E-state index in [4.69, 9.17) is 4.52 Å². The van der Waals surface area contributed by atoms with Gasteiger partial charge in [-0.1, -0.05) is 35.5 Å². The Morgan fingerprint density at radius 2 is 1.73 bits per heavy atom. The minimum Gasteiger partial charge on any atom is -0.360 e. The molecule has 0 spiro atoms. The van der Waals surface area contributed by atoms with Gasteiger partial charge < -0.3 is 4.52 Å². The Bertz CT molecular complexity index is 1020. The third-order valence-electron chi connectivity index (χ3n) is 4.75. The number of sulfonamides is 1. The van der Waals surface area contributed by atoms with Crippen LogP contribution in [-0.2, 0) is 16.6 Å². The molecule has 0 atom stereocenters. The first-order valence-electron chi connectivity index (χ1n) is 8.66. The molecule has 2 heterocycles. The molecule has 136 valence electrons. The highest BCUT2D eigenvalue weighted by Gasteiger charge is 2.28. The van der Waals surface area contributed by atoms with E-state index in [0.717, 1.165) is 22.2 Å². The molecular formula is C19H21N3O3S. The minimum atomic E-state index is -3.47. The largest absolute Gasteiger partial charge is 0.360 e. The molecule has 1 saturated heterocycles. The first-order valence-corrected chi connectivity index (χ1v) is 10.1. The van der Waals surface area contributed by atoms with Crippen molar-refractivity contribution in [2.45, 2.75) is 18.4 Å². The molecule has 1 aliphatic heterocycles. The molecule has 0 N–H and O–H groups in total. The van der Waals surface area contributed by atoms with Gasteiger partial charge in [0.1, 0.15) is 0 Å². The molecule has 26 heavy (non-hydrogen) atoms. The van der Waals surface area contributed by atoms with Crippen LogP contribution in [0.3, 0.4) is 0 Å². The maximum Gasteiger partial charge on any atom is 0.243 e. The summed E-state index contributed by atoms with van der Waals surface area (Å²) in [6.45, 7) is 4.84. The van der Waals surface area contributed by atoms with Crippen molar-refractivity contribution in [3.8, 4) is 0 Å². The fraction of sp³-hybridized carbons (Fsp3) is 0.316. The van der Waals surface area contributed by atoms with Crippen molar-refractivity contribution in [1.29, 1.82) is 0 Å². The van der Waals surface area contributed by atoms with Crippen LogP contribution >= 0.6 is 0 Å². The molecule has 4 rings (SSSR count). The van der Waals surface area contributed by atoms with Crippen molar-refractivity contribution >= 4 is 20.8 Å². The summed E-state index contributed by atoms with van der Waals surface area (Å²) in [6, 6.07) is 15.0. The van der Waals surface area contributed by atoms with Crippen LogP contribution in [-0.4, -0.2) is 49.0 Å². The smallest absolute Gasteiger partial charge is 0.243 e. The van der Waals surface area contributed by atoms with E-state index >= 15 is 0 Å². The Labute approximate surface area is 153 Å². The average molecular weight is 371 g/mol. The Balaban J connectivity index is 1.46. The van der Waals surface area contributed by atoms with Gasteiger partial charge in [-0.05, 0) is 29.8 Å². The molecule has 1 aromatic heterocycles. The molecule has 0 amide bonds. The Hall–Kier alpha value is -2.22. The molecule has 1 aliphatic rings. The summed E-state index contributed by atoms with van der Waals surface area (Å²) in [5.74, 6) is 0.813. The van der Waals surface area contributed by atoms with E-state index < -0.39 is 10.0 Å². The zero-order chi connectivity index (χ0) is 18.1. The van der Waals surface area contributed by atoms with E-state index in [2.05, 4.69) is 10.1 Å². The van der Waals surface area contributed by atoms with Gasteiger partial charge in [-0.3, -0.25) is 4.90 Å². The molecule has 0 unspecified atom stereocenters. The topological polar surface area (TPSA) is 66.7 Å². The van der Waals surface area contributed by atoms with Gasteiger partial charge in [-0.2, -0.15) is 4.31 Å². The second kappa shape index (κ2) is 6.83. The van der Waals surface area contributed by atoms with Crippen LogP contribution in [0.25, 0.3) is 10.8 Å². The van der Waals surface area contributed by atoms with Gasteiger partial charge in [-0.15, -0.1) is 0 Å². The normalized spacial score (nSPS) is 17.0. The van der Waals surface area contributed by atoms with E-state index in [9.17, 15) is 8.42 Å². The van der Waals surface area contributed by atoms with Crippen LogP contribution in [0.15, 0.2) is 57.9 Å². The highest BCUT2D eigenvalue weighted by Crippen LogP contribution is 2.23. The summed E-state index contributed by atoms with van der Waals surface area (Å²) in [4.78, 5) is 2.54. The minimum absolute atomic E-state index is 0.357. The van der Waals surface area contributed by atoms with E-state index in [1.54, 1.807) is 16.4 Å². The number of aryl methyl sites for hydroxylation is 1. The fourth-order valence-electron chi connectivity index (χ4n) is 3.32. The highest BCUT2D eigenvalue weighted by atomic mass is 32.2. The number of hydrogen-bond donors (Lipinski definition) is 0. The summed E-state index contributed by atoms with van der Waals surface area (Å²) in [6.07, 6.45) is 0. The van der Waals surface area contributed by atoms with Crippen molar-refractivity contribution < 1.29 is 12.9 Å². The fourth-order valence-corrected chi connectivity index (χ4v) is 4.77. The van der Waals surface area contributed by atoms with Gasteiger partial charge in [0.25, 0.3) is 0 Å². The zero-order valence-electron chi connectivity index (χ0n) is 14.6. The molecule has 6 nitrogen and oxygen atoms in total. The lowest BCUT2D eigenvalue weighted by molar-refractivity contribution is 0.166. The first kappa shape index (κ1) is 17.2. The van der Waals surface area contributed by atoms with Crippen molar-refractivity contribution in [2.75, 3.05) is 26.2 Å². The number of piperazine rings is 1. The maximum absolute atomic E-state index is 13.0. The molecule has 0 radical (unpaired) electrons. The predicted octanol–water partition coefficient (Wildman–Crippen LogP) is 2.64. The molecule has 7 heteroatoms. The quantitative estimate of drug-likeness (QED) is 0.705. The van der Waals surface area contributed by atoms with Crippen molar-refractivity contribution in [3.05, 3.63) is 60.0 Å². The summed E-state index contributed by atoms with van der Waals surface area (Å²) in [5.41, 5.74) is 0.859. The van der Waals surface area contributed by atoms with Crippen molar-refractivity contribution in [2.24, 2.45) is 0 Å². The Morgan fingerprint density at radius 1 is 1.00 bits per heavy atom. The summed E-state index contributed by atoms with van der Waals surface area (Å²) >= 11 is 0. The van der Waals surface area contributed by atoms with E-state index in [-0.39, 0.29) is 0 Å². The number of nitrogens with zero attached hydrogens (tertiary/aromatic N) is 3. The Kier molecular flexibility index (Phi) is 4.52. The first-order chi connectivity index (χ1) is 12.5. The van der Waals surface area contributed by atoms with Gasteiger partial charge in [0.15, 0.2) is 5.76 Å². The molecule has 0 aliphatic carbocycles. The van der Waals surface area contributed by atoms with Gasteiger partial charge >= 0.3 is 0 Å². The number of fused-ring (bicyclic) bond motifs is 1. The summed E-state index contributed by atoms with van der Waals surface area (Å²) in [5, 5.41) is 5.87. The van der Waals surface area contributed by atoms with Gasteiger partial charge in [0.2, 0.25) is 10.0 Å². The van der Waals surface area contributed by atoms with Crippen molar-refractivity contribution in [1.82, 2.24) is 14.4 Å². The molecular weight excluding hydrogens is 350 g/mol. The number of aromatic nitrogens is 1.